The normalized spacial score (nSPS) is 14.5. The SMILES string of the molecule is COCC(O)CCNC(C)c1ccc(F)c(F)c1. The molecule has 0 aliphatic carbocycles. The van der Waals surface area contributed by atoms with Crippen LogP contribution in [0.1, 0.15) is 24.9 Å². The highest BCUT2D eigenvalue weighted by atomic mass is 19.2. The monoisotopic (exact) mass is 259 g/mol. The topological polar surface area (TPSA) is 41.5 Å². The number of nitrogens with one attached hydrogen (secondary N) is 1. The Morgan fingerprint density at radius 2 is 2.06 bits per heavy atom. The molecule has 3 nitrogen and oxygen atoms in total. The molecule has 2 atom stereocenters. The van der Waals surface area contributed by atoms with Crippen molar-refractivity contribution in [3.63, 3.8) is 0 Å². The van der Waals surface area contributed by atoms with Gasteiger partial charge in [-0.3, -0.25) is 0 Å². The van der Waals surface area contributed by atoms with Gasteiger partial charge in [-0.05, 0) is 37.6 Å². The van der Waals surface area contributed by atoms with Gasteiger partial charge in [0.25, 0.3) is 0 Å². The van der Waals surface area contributed by atoms with Gasteiger partial charge in [-0.15, -0.1) is 0 Å². The van der Waals surface area contributed by atoms with Crippen LogP contribution in [0.25, 0.3) is 0 Å². The van der Waals surface area contributed by atoms with Gasteiger partial charge in [0.15, 0.2) is 11.6 Å². The van der Waals surface area contributed by atoms with Crippen molar-refractivity contribution in [1.29, 1.82) is 0 Å². The molecule has 18 heavy (non-hydrogen) atoms. The largest absolute Gasteiger partial charge is 0.391 e. The zero-order chi connectivity index (χ0) is 13.5. The van der Waals surface area contributed by atoms with Crippen molar-refractivity contribution in [2.24, 2.45) is 0 Å². The Morgan fingerprint density at radius 3 is 2.67 bits per heavy atom. The average molecular weight is 259 g/mol. The molecule has 102 valence electrons. The molecule has 0 aromatic heterocycles. The first-order valence-corrected chi connectivity index (χ1v) is 5.90. The van der Waals surface area contributed by atoms with Crippen LogP contribution in [-0.2, 0) is 4.74 Å². The third kappa shape index (κ3) is 4.68. The minimum Gasteiger partial charge on any atom is -0.391 e. The number of rotatable bonds is 7. The van der Waals surface area contributed by atoms with Crippen LogP contribution in [0.3, 0.4) is 0 Å². The van der Waals surface area contributed by atoms with Crippen molar-refractivity contribution >= 4 is 0 Å². The molecule has 0 heterocycles. The third-order valence-corrected chi connectivity index (χ3v) is 2.73. The Labute approximate surface area is 106 Å². The van der Waals surface area contributed by atoms with Crippen molar-refractivity contribution in [3.8, 4) is 0 Å². The molecular formula is C13H19F2NO2. The van der Waals surface area contributed by atoms with E-state index in [4.69, 9.17) is 4.74 Å². The summed E-state index contributed by atoms with van der Waals surface area (Å²) >= 11 is 0. The van der Waals surface area contributed by atoms with Crippen LogP contribution < -0.4 is 5.32 Å². The van der Waals surface area contributed by atoms with Gasteiger partial charge < -0.3 is 15.2 Å². The Hall–Kier alpha value is -1.04. The number of methoxy groups -OCH3 is 1. The number of hydrogen-bond acceptors (Lipinski definition) is 3. The molecule has 0 fully saturated rings. The quantitative estimate of drug-likeness (QED) is 0.787. The highest BCUT2D eigenvalue weighted by Crippen LogP contribution is 2.15. The Kier molecular flexibility index (Phi) is 6.18. The van der Waals surface area contributed by atoms with Crippen LogP contribution >= 0.6 is 0 Å². The fourth-order valence-electron chi connectivity index (χ4n) is 1.64. The van der Waals surface area contributed by atoms with Crippen molar-refractivity contribution in [2.45, 2.75) is 25.5 Å². The number of benzene rings is 1. The zero-order valence-electron chi connectivity index (χ0n) is 10.6. The van der Waals surface area contributed by atoms with E-state index in [0.717, 1.165) is 6.07 Å². The second kappa shape index (κ2) is 7.41. The number of halogens is 2. The molecule has 2 unspecified atom stereocenters. The summed E-state index contributed by atoms with van der Waals surface area (Å²) in [4.78, 5) is 0. The van der Waals surface area contributed by atoms with Gasteiger partial charge in [0.2, 0.25) is 0 Å². The molecule has 5 heteroatoms. The van der Waals surface area contributed by atoms with E-state index >= 15 is 0 Å². The van der Waals surface area contributed by atoms with Crippen molar-refractivity contribution in [2.75, 3.05) is 20.3 Å². The summed E-state index contributed by atoms with van der Waals surface area (Å²) in [5.74, 6) is -1.69. The molecule has 0 bridgehead atoms. The predicted molar refractivity (Wildman–Crippen MR) is 65.3 cm³/mol. The van der Waals surface area contributed by atoms with Gasteiger partial charge in [-0.1, -0.05) is 6.07 Å². The predicted octanol–water partition coefficient (Wildman–Crippen LogP) is 2.01. The lowest BCUT2D eigenvalue weighted by Crippen LogP contribution is -2.25. The number of hydrogen-bond donors (Lipinski definition) is 2. The minimum atomic E-state index is -0.847. The Balaban J connectivity index is 2.40. The van der Waals surface area contributed by atoms with E-state index in [9.17, 15) is 13.9 Å². The summed E-state index contributed by atoms with van der Waals surface area (Å²) in [5, 5.41) is 12.6. The van der Waals surface area contributed by atoms with Crippen LogP contribution in [0.5, 0.6) is 0 Å². The molecule has 2 N–H and O–H groups in total. The smallest absolute Gasteiger partial charge is 0.159 e. The lowest BCUT2D eigenvalue weighted by molar-refractivity contribution is 0.0590. The van der Waals surface area contributed by atoms with Gasteiger partial charge >= 0.3 is 0 Å². The van der Waals surface area contributed by atoms with E-state index in [2.05, 4.69) is 5.32 Å². The van der Waals surface area contributed by atoms with Crippen molar-refractivity contribution in [3.05, 3.63) is 35.4 Å². The minimum absolute atomic E-state index is 0.102. The fourth-order valence-corrected chi connectivity index (χ4v) is 1.64. The van der Waals surface area contributed by atoms with E-state index in [1.807, 2.05) is 6.92 Å². The lowest BCUT2D eigenvalue weighted by atomic mass is 10.1. The highest BCUT2D eigenvalue weighted by Gasteiger charge is 2.09. The van der Waals surface area contributed by atoms with Crippen LogP contribution in [0.15, 0.2) is 18.2 Å². The summed E-state index contributed by atoms with van der Waals surface area (Å²) in [6, 6.07) is 3.73. The lowest BCUT2D eigenvalue weighted by Gasteiger charge is -2.16. The second-order valence-corrected chi connectivity index (χ2v) is 4.25. The second-order valence-electron chi connectivity index (χ2n) is 4.25. The maximum absolute atomic E-state index is 13.0. The Bertz CT molecular complexity index is 374. The van der Waals surface area contributed by atoms with Gasteiger partial charge in [0.05, 0.1) is 12.7 Å². The highest BCUT2D eigenvalue weighted by molar-refractivity contribution is 5.20. The molecule has 1 aromatic carbocycles. The van der Waals surface area contributed by atoms with E-state index in [0.29, 0.717) is 25.1 Å². The fraction of sp³-hybridized carbons (Fsp3) is 0.538. The molecule has 0 radical (unpaired) electrons. The zero-order valence-corrected chi connectivity index (χ0v) is 10.6. The maximum Gasteiger partial charge on any atom is 0.159 e. The van der Waals surface area contributed by atoms with E-state index in [-0.39, 0.29) is 6.04 Å². The molecular weight excluding hydrogens is 240 g/mol. The molecule has 0 aliphatic rings. The number of aliphatic hydroxyl groups excluding tert-OH is 1. The van der Waals surface area contributed by atoms with Gasteiger partial charge in [0, 0.05) is 13.2 Å². The first-order chi connectivity index (χ1) is 8.54. The first kappa shape index (κ1) is 15.0. The van der Waals surface area contributed by atoms with Crippen LogP contribution in [-0.4, -0.2) is 31.5 Å². The molecule has 0 amide bonds. The van der Waals surface area contributed by atoms with Gasteiger partial charge in [-0.2, -0.15) is 0 Å². The molecule has 0 spiro atoms. The molecule has 1 aromatic rings. The van der Waals surface area contributed by atoms with E-state index in [1.54, 1.807) is 6.07 Å². The van der Waals surface area contributed by atoms with Crippen LogP contribution in [0, 0.1) is 11.6 Å². The number of aliphatic hydroxyl groups is 1. The summed E-state index contributed by atoms with van der Waals surface area (Å²) in [6.07, 6.45) is 0.0293. The molecule has 1 rings (SSSR count). The molecule has 0 saturated carbocycles. The van der Waals surface area contributed by atoms with Crippen LogP contribution in [0.2, 0.25) is 0 Å². The summed E-state index contributed by atoms with van der Waals surface area (Å²) in [5.41, 5.74) is 0.676. The van der Waals surface area contributed by atoms with Crippen molar-refractivity contribution in [1.82, 2.24) is 5.32 Å². The average Bonchev–Trinajstić information content (AvgIpc) is 2.33. The van der Waals surface area contributed by atoms with Gasteiger partial charge in [-0.25, -0.2) is 8.78 Å². The first-order valence-electron chi connectivity index (χ1n) is 5.90. The molecule has 0 saturated heterocycles. The third-order valence-electron chi connectivity index (χ3n) is 2.73. The van der Waals surface area contributed by atoms with Crippen LogP contribution in [0.4, 0.5) is 8.78 Å². The van der Waals surface area contributed by atoms with E-state index < -0.39 is 17.7 Å². The summed E-state index contributed by atoms with van der Waals surface area (Å²) < 4.78 is 30.6. The standard InChI is InChI=1S/C13H19F2NO2/c1-9(16-6-5-11(17)8-18-2)10-3-4-12(14)13(15)7-10/h3-4,7,9,11,16-17H,5-6,8H2,1-2H3. The Morgan fingerprint density at radius 1 is 1.33 bits per heavy atom. The summed E-state index contributed by atoms with van der Waals surface area (Å²) in [7, 11) is 1.53. The van der Waals surface area contributed by atoms with Gasteiger partial charge in [0.1, 0.15) is 0 Å². The van der Waals surface area contributed by atoms with E-state index in [1.165, 1.54) is 13.2 Å². The maximum atomic E-state index is 13.0. The summed E-state index contributed by atoms with van der Waals surface area (Å²) in [6.45, 7) is 2.72. The number of ether oxygens (including phenoxy) is 1. The van der Waals surface area contributed by atoms with Crippen molar-refractivity contribution < 1.29 is 18.6 Å². The molecule has 0 aliphatic heterocycles.